The Kier molecular flexibility index (Phi) is 4.62. The second-order valence-electron chi connectivity index (χ2n) is 3.87. The molecule has 0 saturated carbocycles. The van der Waals surface area contributed by atoms with Gasteiger partial charge in [0.2, 0.25) is 0 Å². The van der Waals surface area contributed by atoms with E-state index in [9.17, 15) is 18.0 Å². The van der Waals surface area contributed by atoms with Crippen molar-refractivity contribution in [1.29, 1.82) is 0 Å². The van der Waals surface area contributed by atoms with Crippen LogP contribution in [0.4, 0.5) is 4.79 Å². The van der Waals surface area contributed by atoms with Crippen LogP contribution in [0, 0.1) is 0 Å². The van der Waals surface area contributed by atoms with Crippen LogP contribution in [0.2, 0.25) is 0 Å². The number of nitrogens with zero attached hydrogens (tertiary/aromatic N) is 2. The molecule has 0 radical (unpaired) electrons. The van der Waals surface area contributed by atoms with Crippen LogP contribution in [0.3, 0.4) is 0 Å². The van der Waals surface area contributed by atoms with Gasteiger partial charge in [-0.05, 0) is 12.8 Å². The molecule has 2 bridgehead atoms. The minimum absolute atomic E-state index is 0. The first-order valence-electron chi connectivity index (χ1n) is 4.82. The maximum absolute atomic E-state index is 11.7. The van der Waals surface area contributed by atoms with Crippen molar-refractivity contribution in [3.8, 4) is 0 Å². The van der Waals surface area contributed by atoms with Crippen molar-refractivity contribution in [2.75, 3.05) is 6.54 Å². The van der Waals surface area contributed by atoms with Crippen LogP contribution in [0.15, 0.2) is 0 Å². The van der Waals surface area contributed by atoms with Crippen LogP contribution < -0.4 is 29.6 Å². The Bertz CT molecular complexity index is 468. The van der Waals surface area contributed by atoms with Gasteiger partial charge in [0.05, 0.1) is 18.0 Å². The van der Waals surface area contributed by atoms with E-state index < -0.39 is 34.4 Å². The van der Waals surface area contributed by atoms with Crippen LogP contribution in [0.5, 0.6) is 0 Å². The van der Waals surface area contributed by atoms with E-state index in [0.717, 1.165) is 4.90 Å². The fraction of sp³-hybridized carbons (Fsp3) is 0.714. The van der Waals surface area contributed by atoms with Crippen LogP contribution in [0.1, 0.15) is 12.8 Å². The molecule has 0 aromatic rings. The van der Waals surface area contributed by atoms with E-state index in [-0.39, 0.29) is 42.5 Å². The van der Waals surface area contributed by atoms with Crippen molar-refractivity contribution in [1.82, 2.24) is 9.96 Å². The number of urea groups is 1. The molecule has 2 atom stereocenters. The van der Waals surface area contributed by atoms with Gasteiger partial charge in [0.15, 0.2) is 0 Å². The second-order valence-corrected chi connectivity index (χ2v) is 4.88. The number of fused-ring (bicyclic) bond motifs is 2. The summed E-state index contributed by atoms with van der Waals surface area (Å²) < 4.78 is 33.8. The van der Waals surface area contributed by atoms with Gasteiger partial charge in [0, 0.05) is 6.54 Å². The summed E-state index contributed by atoms with van der Waals surface area (Å²) >= 11 is 0. The maximum Gasteiger partial charge on any atom is 1.00 e. The zero-order valence-electron chi connectivity index (χ0n) is 9.57. The van der Waals surface area contributed by atoms with Crippen molar-refractivity contribution >= 4 is 22.3 Å². The van der Waals surface area contributed by atoms with Gasteiger partial charge in [0.25, 0.3) is 0 Å². The van der Waals surface area contributed by atoms with E-state index in [4.69, 9.17) is 10.3 Å². The Hall–Kier alpha value is -0.390. The molecule has 11 heteroatoms. The molecule has 2 rings (SSSR count). The summed E-state index contributed by atoms with van der Waals surface area (Å²) in [5, 5.41) is 0.540. The first kappa shape index (κ1) is 15.7. The van der Waals surface area contributed by atoms with Gasteiger partial charge in [-0.1, -0.05) is 0 Å². The summed E-state index contributed by atoms with van der Waals surface area (Å²) in [5.74, 6) is -0.898. The molecule has 18 heavy (non-hydrogen) atoms. The van der Waals surface area contributed by atoms with Crippen molar-refractivity contribution < 1.29 is 56.4 Å². The fourth-order valence-corrected chi connectivity index (χ4v) is 2.49. The van der Waals surface area contributed by atoms with Crippen LogP contribution in [-0.4, -0.2) is 53.5 Å². The van der Waals surface area contributed by atoms with Crippen molar-refractivity contribution in [2.24, 2.45) is 0 Å². The van der Waals surface area contributed by atoms with Gasteiger partial charge in [-0.25, -0.2) is 4.79 Å². The van der Waals surface area contributed by atoms with Crippen LogP contribution in [-0.2, 0) is 19.5 Å². The number of rotatable bonds is 3. The number of carbonyl (C=O) groups is 2. The Morgan fingerprint density at radius 2 is 2.06 bits per heavy atom. The van der Waals surface area contributed by atoms with Gasteiger partial charge in [0.1, 0.15) is 0 Å². The van der Waals surface area contributed by atoms with E-state index in [1.807, 2.05) is 0 Å². The summed E-state index contributed by atoms with van der Waals surface area (Å²) in [5.41, 5.74) is 7.00. The summed E-state index contributed by atoms with van der Waals surface area (Å²) in [6.45, 7) is 0.115. The minimum atomic E-state index is -4.77. The molecular weight excluding hydrogens is 277 g/mol. The number of nitrogens with one attached hydrogen (secondary N) is 1. The number of hydroxylamine groups is 2. The van der Waals surface area contributed by atoms with Gasteiger partial charge in [-0.15, -0.1) is 4.28 Å². The molecule has 0 aromatic heterocycles. The molecular formula is C7H10N3NaO6S. The molecule has 2 saturated heterocycles. The summed E-state index contributed by atoms with van der Waals surface area (Å²) in [7, 11) is -4.77. The SMILES string of the molecule is [NH-]C(=O)[C@H]1CC[C@@H]2CN1C(=O)N2OS(=O)(=O)O.[Na+]. The predicted molar refractivity (Wildman–Crippen MR) is 52.7 cm³/mol. The average Bonchev–Trinajstić information content (AvgIpc) is 2.42. The number of piperidine rings is 1. The zero-order valence-corrected chi connectivity index (χ0v) is 12.4. The molecule has 0 unspecified atom stereocenters. The molecule has 3 amide bonds. The van der Waals surface area contributed by atoms with Crippen LogP contribution in [0.25, 0.3) is 5.73 Å². The Morgan fingerprint density at radius 3 is 2.56 bits per heavy atom. The van der Waals surface area contributed by atoms with Crippen molar-refractivity contribution in [2.45, 2.75) is 24.9 Å². The predicted octanol–water partition coefficient (Wildman–Crippen LogP) is -3.43. The van der Waals surface area contributed by atoms with Gasteiger partial charge >= 0.3 is 46.0 Å². The molecule has 9 nitrogen and oxygen atoms in total. The van der Waals surface area contributed by atoms with E-state index in [1.165, 1.54) is 0 Å². The molecule has 2 aliphatic heterocycles. The monoisotopic (exact) mass is 287 g/mol. The summed E-state index contributed by atoms with van der Waals surface area (Å²) in [6.07, 6.45) is 0.622. The Balaban J connectivity index is 0.00000162. The molecule has 0 aliphatic carbocycles. The average molecular weight is 287 g/mol. The zero-order chi connectivity index (χ0) is 12.8. The molecule has 2 heterocycles. The largest absolute Gasteiger partial charge is 1.00 e. The van der Waals surface area contributed by atoms with E-state index >= 15 is 0 Å². The molecule has 0 aromatic carbocycles. The fourth-order valence-electron chi connectivity index (χ4n) is 2.10. The quantitative estimate of drug-likeness (QED) is 0.425. The van der Waals surface area contributed by atoms with Gasteiger partial charge < -0.3 is 15.4 Å². The maximum atomic E-state index is 11.7. The smallest absolute Gasteiger partial charge is 0.666 e. The third-order valence-electron chi connectivity index (χ3n) is 2.80. The van der Waals surface area contributed by atoms with E-state index in [0.29, 0.717) is 11.5 Å². The first-order valence-corrected chi connectivity index (χ1v) is 6.18. The standard InChI is InChI=1S/C7H11N3O6S.Na/c8-6(11)5-2-1-4-3-9(5)7(12)10(4)16-17(13,14)15;/h4-5H,1-3H2,(H3,8,11,13,14,15);/q;+1/p-1/t4-,5-;/m1./s1. The Morgan fingerprint density at radius 1 is 1.44 bits per heavy atom. The molecule has 2 N–H and O–H groups in total. The Labute approximate surface area is 125 Å². The summed E-state index contributed by atoms with van der Waals surface area (Å²) in [4.78, 5) is 23.7. The molecule has 0 spiro atoms. The van der Waals surface area contributed by atoms with Gasteiger partial charge in [-0.2, -0.15) is 13.5 Å². The normalized spacial score (nSPS) is 27.1. The second kappa shape index (κ2) is 5.31. The molecule has 2 fully saturated rings. The number of carbonyl (C=O) groups excluding carboxylic acids is 2. The van der Waals surface area contributed by atoms with E-state index in [1.54, 1.807) is 0 Å². The van der Waals surface area contributed by atoms with Crippen molar-refractivity contribution in [3.05, 3.63) is 5.73 Å². The topological polar surface area (TPSA) is 128 Å². The molecule has 2 aliphatic rings. The number of hydrogen-bond donors (Lipinski definition) is 1. The summed E-state index contributed by atoms with van der Waals surface area (Å²) in [6, 6.07) is -2.22. The first-order chi connectivity index (χ1) is 7.79. The van der Waals surface area contributed by atoms with Crippen molar-refractivity contribution in [3.63, 3.8) is 0 Å². The van der Waals surface area contributed by atoms with Crippen LogP contribution >= 0.6 is 0 Å². The third-order valence-corrected chi connectivity index (χ3v) is 3.15. The van der Waals surface area contributed by atoms with Gasteiger partial charge in [-0.3, -0.25) is 4.55 Å². The number of amides is 3. The third kappa shape index (κ3) is 2.95. The number of hydrogen-bond acceptors (Lipinski definition) is 5. The molecule has 96 valence electrons. The minimum Gasteiger partial charge on any atom is -0.666 e. The van der Waals surface area contributed by atoms with E-state index in [2.05, 4.69) is 4.28 Å².